The van der Waals surface area contributed by atoms with Crippen molar-refractivity contribution in [3.8, 4) is 0 Å². The van der Waals surface area contributed by atoms with Crippen LogP contribution in [0.5, 0.6) is 0 Å². The van der Waals surface area contributed by atoms with Crippen LogP contribution in [-0.2, 0) is 19.4 Å². The summed E-state index contributed by atoms with van der Waals surface area (Å²) in [6.07, 6.45) is 1.10. The smallest absolute Gasteiger partial charge is 0.254 e. The maximum absolute atomic E-state index is 12.9. The molecule has 4 rings (SSSR count). The minimum absolute atomic E-state index is 0.0637. The molecule has 2 aliphatic heterocycles. The van der Waals surface area contributed by atoms with Gasteiger partial charge in [-0.1, -0.05) is 24.3 Å². The molecule has 6 nitrogen and oxygen atoms in total. The number of carbonyl (C=O) groups excluding carboxylic acids is 2. The lowest BCUT2D eigenvalue weighted by Crippen LogP contribution is -2.46. The summed E-state index contributed by atoms with van der Waals surface area (Å²) >= 11 is 0. The minimum Gasteiger partial charge on any atom is -0.390 e. The summed E-state index contributed by atoms with van der Waals surface area (Å²) in [6.45, 7) is 3.21. The van der Waals surface area contributed by atoms with E-state index in [1.807, 2.05) is 6.07 Å². The second-order valence-corrected chi connectivity index (χ2v) is 8.48. The molecule has 1 N–H and O–H groups in total. The van der Waals surface area contributed by atoms with Gasteiger partial charge in [0.05, 0.1) is 6.10 Å². The van der Waals surface area contributed by atoms with Gasteiger partial charge in [-0.3, -0.25) is 14.5 Å². The maximum Gasteiger partial charge on any atom is 0.254 e. The molecule has 0 aliphatic carbocycles. The molecule has 0 fully saturated rings. The van der Waals surface area contributed by atoms with E-state index in [2.05, 4.69) is 29.2 Å². The van der Waals surface area contributed by atoms with Gasteiger partial charge < -0.3 is 14.9 Å². The molecule has 2 aliphatic rings. The molecule has 0 bridgehead atoms. The number of benzene rings is 2. The molecule has 1 atom stereocenters. The Morgan fingerprint density at radius 2 is 1.77 bits per heavy atom. The lowest BCUT2D eigenvalue weighted by Gasteiger charge is -2.34. The molecule has 6 heteroatoms. The van der Waals surface area contributed by atoms with Crippen LogP contribution in [0.25, 0.3) is 0 Å². The van der Waals surface area contributed by atoms with Crippen LogP contribution in [0.15, 0.2) is 42.5 Å². The van der Waals surface area contributed by atoms with Gasteiger partial charge in [0.1, 0.15) is 0 Å². The number of hydrogen-bond donors (Lipinski definition) is 1. The van der Waals surface area contributed by atoms with Crippen LogP contribution in [0.4, 0.5) is 0 Å². The van der Waals surface area contributed by atoms with Gasteiger partial charge in [0.2, 0.25) is 0 Å². The Bertz CT molecular complexity index is 956. The molecule has 0 spiro atoms. The highest BCUT2D eigenvalue weighted by atomic mass is 16.3. The molecule has 30 heavy (non-hydrogen) atoms. The van der Waals surface area contributed by atoms with Gasteiger partial charge in [0.25, 0.3) is 11.8 Å². The summed E-state index contributed by atoms with van der Waals surface area (Å²) < 4.78 is 0. The van der Waals surface area contributed by atoms with E-state index in [0.29, 0.717) is 37.2 Å². The SMILES string of the molecule is CN(C)C(=O)c1ccc2c(c1)CCN(CC(O)CN1CCc3ccccc3C1)C2=O. The van der Waals surface area contributed by atoms with E-state index in [4.69, 9.17) is 0 Å². The van der Waals surface area contributed by atoms with Crippen molar-refractivity contribution in [3.05, 3.63) is 70.3 Å². The third-order valence-corrected chi connectivity index (χ3v) is 6.04. The minimum atomic E-state index is -0.588. The van der Waals surface area contributed by atoms with E-state index in [9.17, 15) is 14.7 Å². The van der Waals surface area contributed by atoms with Gasteiger partial charge in [0.15, 0.2) is 0 Å². The summed E-state index contributed by atoms with van der Waals surface area (Å²) in [4.78, 5) is 30.6. The molecule has 0 saturated carbocycles. The van der Waals surface area contributed by atoms with Crippen molar-refractivity contribution in [1.82, 2.24) is 14.7 Å². The molecule has 2 heterocycles. The molecule has 0 saturated heterocycles. The zero-order valence-electron chi connectivity index (χ0n) is 17.7. The van der Waals surface area contributed by atoms with Gasteiger partial charge in [-0.15, -0.1) is 0 Å². The summed E-state index contributed by atoms with van der Waals surface area (Å²) in [5.74, 6) is -0.130. The first-order valence-corrected chi connectivity index (χ1v) is 10.5. The first-order valence-electron chi connectivity index (χ1n) is 10.5. The first-order chi connectivity index (χ1) is 14.4. The topological polar surface area (TPSA) is 64.1 Å². The van der Waals surface area contributed by atoms with E-state index in [0.717, 1.165) is 25.1 Å². The van der Waals surface area contributed by atoms with E-state index in [1.165, 1.54) is 16.0 Å². The number of β-amino-alcohol motifs (C(OH)–C–C–N with tert-alkyl or cyclic N) is 1. The van der Waals surface area contributed by atoms with Crippen molar-refractivity contribution in [2.24, 2.45) is 0 Å². The van der Waals surface area contributed by atoms with Crippen molar-refractivity contribution >= 4 is 11.8 Å². The third kappa shape index (κ3) is 4.25. The largest absolute Gasteiger partial charge is 0.390 e. The molecular formula is C24H29N3O3. The van der Waals surface area contributed by atoms with Crippen LogP contribution in [0.2, 0.25) is 0 Å². The average Bonchev–Trinajstić information content (AvgIpc) is 2.74. The van der Waals surface area contributed by atoms with Crippen molar-refractivity contribution in [3.63, 3.8) is 0 Å². The van der Waals surface area contributed by atoms with Gasteiger partial charge >= 0.3 is 0 Å². The summed E-state index contributed by atoms with van der Waals surface area (Å²) in [7, 11) is 3.44. The molecule has 0 radical (unpaired) electrons. The summed E-state index contributed by atoms with van der Waals surface area (Å²) in [6, 6.07) is 13.7. The van der Waals surface area contributed by atoms with Crippen LogP contribution < -0.4 is 0 Å². The third-order valence-electron chi connectivity index (χ3n) is 6.04. The second kappa shape index (κ2) is 8.58. The quantitative estimate of drug-likeness (QED) is 0.821. The number of aliphatic hydroxyl groups is 1. The van der Waals surface area contributed by atoms with Gasteiger partial charge in [-0.05, 0) is 47.7 Å². The zero-order chi connectivity index (χ0) is 21.3. The van der Waals surface area contributed by atoms with E-state index in [-0.39, 0.29) is 11.8 Å². The van der Waals surface area contributed by atoms with Crippen molar-refractivity contribution in [2.45, 2.75) is 25.5 Å². The number of fused-ring (bicyclic) bond motifs is 2. The number of amides is 2. The summed E-state index contributed by atoms with van der Waals surface area (Å²) in [5.41, 5.74) is 4.85. The first kappa shape index (κ1) is 20.6. The molecule has 2 aromatic rings. The monoisotopic (exact) mass is 407 g/mol. The lowest BCUT2D eigenvalue weighted by molar-refractivity contribution is 0.0492. The predicted octanol–water partition coefficient (Wildman–Crippen LogP) is 1.81. The van der Waals surface area contributed by atoms with Gasteiger partial charge in [-0.2, -0.15) is 0 Å². The van der Waals surface area contributed by atoms with Gasteiger partial charge in [0, 0.05) is 57.9 Å². The molecule has 2 aromatic carbocycles. The zero-order valence-corrected chi connectivity index (χ0v) is 17.7. The Kier molecular flexibility index (Phi) is 5.88. The fraction of sp³-hybridized carbons (Fsp3) is 0.417. The molecule has 158 valence electrons. The number of aliphatic hydroxyl groups excluding tert-OH is 1. The van der Waals surface area contributed by atoms with E-state index in [1.54, 1.807) is 31.1 Å². The average molecular weight is 408 g/mol. The van der Waals surface area contributed by atoms with E-state index >= 15 is 0 Å². The normalized spacial score (nSPS) is 17.3. The van der Waals surface area contributed by atoms with Crippen LogP contribution in [0.3, 0.4) is 0 Å². The standard InChI is InChI=1S/C24H29N3O3/c1-25(2)23(29)19-7-8-22-18(13-19)10-12-27(24(22)30)16-21(28)15-26-11-9-17-5-3-4-6-20(17)14-26/h3-8,13,21,28H,9-12,14-16H2,1-2H3. The maximum atomic E-state index is 12.9. The highest BCUT2D eigenvalue weighted by Crippen LogP contribution is 2.22. The Hall–Kier alpha value is -2.70. The number of carbonyl (C=O) groups is 2. The van der Waals surface area contributed by atoms with Crippen molar-refractivity contribution < 1.29 is 14.7 Å². The molecule has 1 unspecified atom stereocenters. The van der Waals surface area contributed by atoms with Crippen molar-refractivity contribution in [1.29, 1.82) is 0 Å². The van der Waals surface area contributed by atoms with Crippen LogP contribution in [0.1, 0.15) is 37.4 Å². The second-order valence-electron chi connectivity index (χ2n) is 8.48. The fourth-order valence-electron chi connectivity index (χ4n) is 4.42. The Balaban J connectivity index is 1.37. The van der Waals surface area contributed by atoms with Crippen LogP contribution >= 0.6 is 0 Å². The van der Waals surface area contributed by atoms with Crippen molar-refractivity contribution in [2.75, 3.05) is 40.3 Å². The molecule has 0 aromatic heterocycles. The number of rotatable bonds is 5. The van der Waals surface area contributed by atoms with Crippen LogP contribution in [0, 0.1) is 0 Å². The number of nitrogens with zero attached hydrogens (tertiary/aromatic N) is 3. The Morgan fingerprint density at radius 1 is 1.03 bits per heavy atom. The van der Waals surface area contributed by atoms with E-state index < -0.39 is 6.10 Å². The highest BCUT2D eigenvalue weighted by molar-refractivity contribution is 5.99. The summed E-state index contributed by atoms with van der Waals surface area (Å²) in [5, 5.41) is 10.7. The van der Waals surface area contributed by atoms with Gasteiger partial charge in [-0.25, -0.2) is 0 Å². The lowest BCUT2D eigenvalue weighted by atomic mass is 9.96. The molecular weight excluding hydrogens is 378 g/mol. The molecule has 2 amide bonds. The highest BCUT2D eigenvalue weighted by Gasteiger charge is 2.28. The Labute approximate surface area is 177 Å². The number of hydrogen-bond acceptors (Lipinski definition) is 4. The Morgan fingerprint density at radius 3 is 2.53 bits per heavy atom. The van der Waals surface area contributed by atoms with Crippen LogP contribution in [-0.4, -0.2) is 78.0 Å². The predicted molar refractivity (Wildman–Crippen MR) is 115 cm³/mol. The fourth-order valence-corrected chi connectivity index (χ4v) is 4.42.